The lowest BCUT2D eigenvalue weighted by Crippen LogP contribution is -1.79. The van der Waals surface area contributed by atoms with Gasteiger partial charge in [-0.15, -0.1) is 11.3 Å². The molecule has 0 amide bonds. The Morgan fingerprint density at radius 3 is 2.86 bits per heavy atom. The maximum atomic E-state index is 4.10. The number of hydrogen-bond donors (Lipinski definition) is 0. The van der Waals surface area contributed by atoms with Crippen molar-refractivity contribution in [3.05, 3.63) is 45.1 Å². The summed E-state index contributed by atoms with van der Waals surface area (Å²) in [6, 6.07) is 3.91. The van der Waals surface area contributed by atoms with Crippen molar-refractivity contribution in [1.29, 1.82) is 0 Å². The second-order valence-electron chi connectivity index (χ2n) is 2.60. The van der Waals surface area contributed by atoms with Gasteiger partial charge in [-0.1, -0.05) is 0 Å². The molecule has 0 spiro atoms. The van der Waals surface area contributed by atoms with Crippen LogP contribution in [-0.4, -0.2) is 9.97 Å². The Balaban J connectivity index is 2.20. The van der Waals surface area contributed by atoms with E-state index in [1.165, 1.54) is 4.88 Å². The molecule has 0 aromatic carbocycles. The van der Waals surface area contributed by atoms with Gasteiger partial charge in [0.1, 0.15) is 6.33 Å². The summed E-state index contributed by atoms with van der Waals surface area (Å²) < 4.78 is 1.12. The fourth-order valence-corrected chi connectivity index (χ4v) is 2.38. The lowest BCUT2D eigenvalue weighted by Gasteiger charge is -1.89. The molecule has 0 aliphatic heterocycles. The summed E-state index contributed by atoms with van der Waals surface area (Å²) in [5, 5.41) is 2.05. The van der Waals surface area contributed by atoms with Crippen molar-refractivity contribution >= 4 is 39.4 Å². The number of halogens is 1. The first-order valence-corrected chi connectivity index (χ1v) is 5.70. The van der Waals surface area contributed by atoms with Crippen LogP contribution in [-0.2, 0) is 0 Å². The van der Waals surface area contributed by atoms with Gasteiger partial charge in [-0.3, -0.25) is 0 Å². The summed E-state index contributed by atoms with van der Waals surface area (Å²) in [6.45, 7) is 0. The molecule has 70 valence electrons. The molecule has 4 heteroatoms. The van der Waals surface area contributed by atoms with Gasteiger partial charge in [-0.05, 0) is 45.6 Å². The van der Waals surface area contributed by atoms with Gasteiger partial charge in [0.05, 0.1) is 5.69 Å². The smallest absolute Gasteiger partial charge is 0.115 e. The highest BCUT2D eigenvalue weighted by molar-refractivity contribution is 9.10. The molecule has 0 bridgehead atoms. The van der Waals surface area contributed by atoms with E-state index in [0.29, 0.717) is 0 Å². The first-order valence-electron chi connectivity index (χ1n) is 4.03. The number of thiophene rings is 1. The molecular weight excluding hydrogens is 260 g/mol. The zero-order valence-electron chi connectivity index (χ0n) is 7.22. The molecule has 2 rings (SSSR count). The zero-order chi connectivity index (χ0) is 9.80. The number of hydrogen-bond acceptors (Lipinski definition) is 3. The molecule has 0 fully saturated rings. The van der Waals surface area contributed by atoms with Gasteiger partial charge in [0.2, 0.25) is 0 Å². The summed E-state index contributed by atoms with van der Waals surface area (Å²) in [4.78, 5) is 9.15. The van der Waals surface area contributed by atoms with Crippen LogP contribution >= 0.6 is 27.3 Å². The second-order valence-corrected chi connectivity index (χ2v) is 4.40. The van der Waals surface area contributed by atoms with Crippen molar-refractivity contribution in [2.45, 2.75) is 0 Å². The fraction of sp³-hybridized carbons (Fsp3) is 0. The molecule has 14 heavy (non-hydrogen) atoms. The summed E-state index contributed by atoms with van der Waals surface area (Å²) >= 11 is 5.16. The Bertz CT molecular complexity index is 436. The number of aromatic nitrogens is 2. The quantitative estimate of drug-likeness (QED) is 0.832. The van der Waals surface area contributed by atoms with Crippen molar-refractivity contribution in [1.82, 2.24) is 9.97 Å². The van der Waals surface area contributed by atoms with Gasteiger partial charge in [0, 0.05) is 15.5 Å². The number of rotatable bonds is 2. The number of nitrogens with zero attached hydrogens (tertiary/aromatic N) is 2. The van der Waals surface area contributed by atoms with Crippen molar-refractivity contribution < 1.29 is 0 Å². The highest BCUT2D eigenvalue weighted by atomic mass is 79.9. The van der Waals surface area contributed by atoms with E-state index in [2.05, 4.69) is 25.9 Å². The van der Waals surface area contributed by atoms with E-state index < -0.39 is 0 Å². The summed E-state index contributed by atoms with van der Waals surface area (Å²) in [5.41, 5.74) is 0.917. The molecule has 2 aromatic rings. The molecule has 0 aliphatic rings. The molecule has 2 aromatic heterocycles. The minimum absolute atomic E-state index is 0.917. The first kappa shape index (κ1) is 9.55. The van der Waals surface area contributed by atoms with Crippen molar-refractivity contribution in [3.8, 4) is 0 Å². The van der Waals surface area contributed by atoms with Crippen LogP contribution in [0.2, 0.25) is 0 Å². The van der Waals surface area contributed by atoms with Crippen LogP contribution in [0.4, 0.5) is 0 Å². The van der Waals surface area contributed by atoms with E-state index in [4.69, 9.17) is 0 Å². The Labute approximate surface area is 94.5 Å². The van der Waals surface area contributed by atoms with Gasteiger partial charge < -0.3 is 0 Å². The van der Waals surface area contributed by atoms with Crippen molar-refractivity contribution in [3.63, 3.8) is 0 Å². The minimum Gasteiger partial charge on any atom is -0.245 e. The lowest BCUT2D eigenvalue weighted by atomic mass is 10.3. The SMILES string of the molecule is Brc1ccsc1C=Cc1ccncn1. The first-order chi connectivity index (χ1) is 6.86. The standard InChI is InChI=1S/C10H7BrN2S/c11-9-4-6-14-10(9)2-1-8-3-5-12-7-13-8/h1-7H. The third kappa shape index (κ3) is 2.27. The van der Waals surface area contributed by atoms with Gasteiger partial charge in [0.15, 0.2) is 0 Å². The average Bonchev–Trinajstić information content (AvgIpc) is 2.63. The molecule has 0 aliphatic carbocycles. The van der Waals surface area contributed by atoms with Crippen molar-refractivity contribution in [2.24, 2.45) is 0 Å². The van der Waals surface area contributed by atoms with Crippen LogP contribution in [0.1, 0.15) is 10.6 Å². The molecule has 2 heterocycles. The zero-order valence-corrected chi connectivity index (χ0v) is 9.62. The van der Waals surface area contributed by atoms with Gasteiger partial charge in [-0.2, -0.15) is 0 Å². The van der Waals surface area contributed by atoms with Gasteiger partial charge in [-0.25, -0.2) is 9.97 Å². The molecule has 0 atom stereocenters. The maximum absolute atomic E-state index is 4.10. The van der Waals surface area contributed by atoms with E-state index in [1.54, 1.807) is 23.9 Å². The molecule has 0 unspecified atom stereocenters. The third-order valence-corrected chi connectivity index (χ3v) is 3.49. The summed E-state index contributed by atoms with van der Waals surface area (Å²) in [7, 11) is 0. The maximum Gasteiger partial charge on any atom is 0.115 e. The van der Waals surface area contributed by atoms with Gasteiger partial charge >= 0.3 is 0 Å². The van der Waals surface area contributed by atoms with Crippen LogP contribution in [0.15, 0.2) is 34.5 Å². The fourth-order valence-electron chi connectivity index (χ4n) is 0.985. The van der Waals surface area contributed by atoms with Crippen LogP contribution in [0.25, 0.3) is 12.2 Å². The Kier molecular flexibility index (Phi) is 3.06. The van der Waals surface area contributed by atoms with E-state index >= 15 is 0 Å². The van der Waals surface area contributed by atoms with Crippen LogP contribution in [0, 0.1) is 0 Å². The Morgan fingerprint density at radius 2 is 2.21 bits per heavy atom. The molecule has 2 nitrogen and oxygen atoms in total. The van der Waals surface area contributed by atoms with Crippen molar-refractivity contribution in [2.75, 3.05) is 0 Å². The highest BCUT2D eigenvalue weighted by Crippen LogP contribution is 2.24. The van der Waals surface area contributed by atoms with Gasteiger partial charge in [0.25, 0.3) is 0 Å². The molecule has 0 saturated carbocycles. The lowest BCUT2D eigenvalue weighted by molar-refractivity contribution is 1.15. The normalized spacial score (nSPS) is 10.9. The summed E-state index contributed by atoms with van der Waals surface area (Å²) in [5.74, 6) is 0. The Morgan fingerprint density at radius 1 is 1.29 bits per heavy atom. The predicted octanol–water partition coefficient (Wildman–Crippen LogP) is 3.47. The van der Waals surface area contributed by atoms with E-state index in [-0.39, 0.29) is 0 Å². The molecule has 0 radical (unpaired) electrons. The van der Waals surface area contributed by atoms with Crippen LogP contribution in [0.3, 0.4) is 0 Å². The Hall–Kier alpha value is -1.00. The molecule has 0 saturated heterocycles. The summed E-state index contributed by atoms with van der Waals surface area (Å²) in [6.07, 6.45) is 7.29. The second kappa shape index (κ2) is 4.48. The van der Waals surface area contributed by atoms with E-state index in [9.17, 15) is 0 Å². The molecular formula is C10H7BrN2S. The van der Waals surface area contributed by atoms with E-state index in [0.717, 1.165) is 10.2 Å². The van der Waals surface area contributed by atoms with E-state index in [1.807, 2.05) is 29.7 Å². The molecule has 0 N–H and O–H groups in total. The highest BCUT2D eigenvalue weighted by Gasteiger charge is 1.95. The van der Waals surface area contributed by atoms with Crippen LogP contribution < -0.4 is 0 Å². The monoisotopic (exact) mass is 266 g/mol. The topological polar surface area (TPSA) is 25.8 Å². The average molecular weight is 267 g/mol. The third-order valence-electron chi connectivity index (χ3n) is 1.66. The predicted molar refractivity (Wildman–Crippen MR) is 63.0 cm³/mol. The van der Waals surface area contributed by atoms with Crippen LogP contribution in [0.5, 0.6) is 0 Å². The minimum atomic E-state index is 0.917. The largest absolute Gasteiger partial charge is 0.245 e.